The molecule has 6 heteroatoms. The number of methoxy groups -OCH3 is 1. The third-order valence-corrected chi connectivity index (χ3v) is 3.76. The van der Waals surface area contributed by atoms with Crippen LogP contribution in [0.1, 0.15) is 19.5 Å². The molecule has 0 radical (unpaired) electrons. The highest BCUT2D eigenvalue weighted by Gasteiger charge is 2.36. The summed E-state index contributed by atoms with van der Waals surface area (Å²) in [6, 6.07) is 0. The maximum atomic E-state index is 10.6. The van der Waals surface area contributed by atoms with E-state index in [2.05, 4.69) is 25.9 Å². The van der Waals surface area contributed by atoms with Crippen LogP contribution in [0.25, 0.3) is 0 Å². The van der Waals surface area contributed by atoms with E-state index in [-0.39, 0.29) is 6.10 Å². The zero-order chi connectivity index (χ0) is 13.9. The quantitative estimate of drug-likeness (QED) is 0.862. The molecule has 0 aliphatic heterocycles. The second-order valence-corrected chi connectivity index (χ2v) is 5.75. The fourth-order valence-corrected chi connectivity index (χ4v) is 2.45. The standard InChI is InChI=1S/C12H22BrN3O2/c1-9(18-5)12(2,17)11-10(13)8-14-16(11)7-6-15(3)4/h8-9,17H,6-7H2,1-5H3. The average molecular weight is 320 g/mol. The van der Waals surface area contributed by atoms with Gasteiger partial charge in [-0.2, -0.15) is 5.10 Å². The molecule has 104 valence electrons. The first kappa shape index (κ1) is 15.6. The molecule has 0 saturated heterocycles. The zero-order valence-corrected chi connectivity index (χ0v) is 13.2. The van der Waals surface area contributed by atoms with Gasteiger partial charge in [-0.15, -0.1) is 0 Å². The second kappa shape index (κ2) is 6.14. The molecule has 0 spiro atoms. The molecule has 1 rings (SSSR count). The summed E-state index contributed by atoms with van der Waals surface area (Å²) in [5.41, 5.74) is -0.338. The van der Waals surface area contributed by atoms with Crippen molar-refractivity contribution in [1.82, 2.24) is 14.7 Å². The molecule has 1 heterocycles. The van der Waals surface area contributed by atoms with Crippen LogP contribution >= 0.6 is 15.9 Å². The summed E-state index contributed by atoms with van der Waals surface area (Å²) in [4.78, 5) is 2.08. The van der Waals surface area contributed by atoms with E-state index in [1.54, 1.807) is 20.2 Å². The highest BCUT2D eigenvalue weighted by molar-refractivity contribution is 9.10. The minimum Gasteiger partial charge on any atom is -0.381 e. The summed E-state index contributed by atoms with van der Waals surface area (Å²) in [5.74, 6) is 0. The normalized spacial score (nSPS) is 16.9. The fourth-order valence-electron chi connectivity index (χ4n) is 1.75. The third-order valence-electron chi connectivity index (χ3n) is 3.18. The predicted octanol–water partition coefficient (Wildman–Crippen LogP) is 1.45. The van der Waals surface area contributed by atoms with E-state index >= 15 is 0 Å². The van der Waals surface area contributed by atoms with Gasteiger partial charge in [0.25, 0.3) is 0 Å². The van der Waals surface area contributed by atoms with Gasteiger partial charge >= 0.3 is 0 Å². The number of likely N-dealkylation sites (N-methyl/N-ethyl adjacent to an activating group) is 1. The Morgan fingerprint density at radius 3 is 2.72 bits per heavy atom. The van der Waals surface area contributed by atoms with Gasteiger partial charge in [0, 0.05) is 13.7 Å². The minimum atomic E-state index is -1.09. The second-order valence-electron chi connectivity index (χ2n) is 4.89. The van der Waals surface area contributed by atoms with Crippen molar-refractivity contribution in [3.63, 3.8) is 0 Å². The molecule has 18 heavy (non-hydrogen) atoms. The molecule has 2 unspecified atom stereocenters. The highest BCUT2D eigenvalue weighted by Crippen LogP contribution is 2.32. The number of hydrogen-bond donors (Lipinski definition) is 1. The number of rotatable bonds is 6. The van der Waals surface area contributed by atoms with Gasteiger partial charge in [-0.1, -0.05) is 0 Å². The number of halogens is 1. The number of aromatic nitrogens is 2. The van der Waals surface area contributed by atoms with E-state index in [4.69, 9.17) is 4.74 Å². The molecule has 0 amide bonds. The first-order chi connectivity index (χ1) is 8.30. The number of hydrogen-bond acceptors (Lipinski definition) is 4. The summed E-state index contributed by atoms with van der Waals surface area (Å²) >= 11 is 3.44. The van der Waals surface area contributed by atoms with E-state index in [9.17, 15) is 5.11 Å². The van der Waals surface area contributed by atoms with Crippen LogP contribution in [0.4, 0.5) is 0 Å². The van der Waals surface area contributed by atoms with Gasteiger partial charge in [-0.25, -0.2) is 0 Å². The molecule has 0 aromatic carbocycles. The van der Waals surface area contributed by atoms with Crippen LogP contribution in [0.15, 0.2) is 10.7 Å². The van der Waals surface area contributed by atoms with Crippen LogP contribution < -0.4 is 0 Å². The van der Waals surface area contributed by atoms with E-state index in [0.717, 1.165) is 23.3 Å². The average Bonchev–Trinajstić information content (AvgIpc) is 2.67. The number of nitrogens with zero attached hydrogens (tertiary/aromatic N) is 3. The largest absolute Gasteiger partial charge is 0.381 e. The van der Waals surface area contributed by atoms with Gasteiger partial charge in [0.2, 0.25) is 0 Å². The minimum absolute atomic E-state index is 0.316. The monoisotopic (exact) mass is 319 g/mol. The maximum absolute atomic E-state index is 10.6. The summed E-state index contributed by atoms with van der Waals surface area (Å²) in [5, 5.41) is 14.9. The Morgan fingerprint density at radius 1 is 1.61 bits per heavy atom. The first-order valence-electron chi connectivity index (χ1n) is 5.92. The number of aliphatic hydroxyl groups is 1. The Labute approximate surface area is 117 Å². The van der Waals surface area contributed by atoms with E-state index in [0.29, 0.717) is 0 Å². The van der Waals surface area contributed by atoms with Crippen LogP contribution in [0.2, 0.25) is 0 Å². The zero-order valence-electron chi connectivity index (χ0n) is 11.6. The van der Waals surface area contributed by atoms with Crippen LogP contribution in [0, 0.1) is 0 Å². The Kier molecular flexibility index (Phi) is 5.33. The molecule has 0 bridgehead atoms. The maximum Gasteiger partial charge on any atom is 0.130 e. The molecule has 1 aromatic rings. The molecule has 0 fully saturated rings. The molecule has 0 aliphatic carbocycles. The molecular formula is C12H22BrN3O2. The SMILES string of the molecule is COC(C)C(C)(O)c1c(Br)cnn1CCN(C)C. The van der Waals surface area contributed by atoms with Crippen LogP contribution in [-0.2, 0) is 16.9 Å². The molecular weight excluding hydrogens is 298 g/mol. The lowest BCUT2D eigenvalue weighted by atomic mass is 9.96. The van der Waals surface area contributed by atoms with Crippen molar-refractivity contribution < 1.29 is 9.84 Å². The Morgan fingerprint density at radius 2 is 2.22 bits per heavy atom. The molecule has 5 nitrogen and oxygen atoms in total. The van der Waals surface area contributed by atoms with Crippen LogP contribution in [0.5, 0.6) is 0 Å². The van der Waals surface area contributed by atoms with Crippen molar-refractivity contribution in [2.45, 2.75) is 32.1 Å². The lowest BCUT2D eigenvalue weighted by Crippen LogP contribution is -2.38. The molecule has 1 N–H and O–H groups in total. The van der Waals surface area contributed by atoms with Crippen molar-refractivity contribution in [2.24, 2.45) is 0 Å². The lowest BCUT2D eigenvalue weighted by molar-refractivity contribution is -0.0828. The summed E-state index contributed by atoms with van der Waals surface area (Å²) in [7, 11) is 5.61. The third kappa shape index (κ3) is 3.32. The van der Waals surface area contributed by atoms with E-state index < -0.39 is 5.60 Å². The van der Waals surface area contributed by atoms with Crippen molar-refractivity contribution in [2.75, 3.05) is 27.7 Å². The Hall–Kier alpha value is -0.430. The molecule has 2 atom stereocenters. The summed E-state index contributed by atoms with van der Waals surface area (Å²) in [6.45, 7) is 5.17. The highest BCUT2D eigenvalue weighted by atomic mass is 79.9. The van der Waals surface area contributed by atoms with Gasteiger partial charge < -0.3 is 14.7 Å². The fraction of sp³-hybridized carbons (Fsp3) is 0.750. The first-order valence-corrected chi connectivity index (χ1v) is 6.71. The summed E-state index contributed by atoms with van der Waals surface area (Å²) < 4.78 is 7.87. The van der Waals surface area contributed by atoms with E-state index in [1.165, 1.54) is 0 Å². The number of ether oxygens (including phenoxy) is 1. The van der Waals surface area contributed by atoms with Gasteiger partial charge in [0.05, 0.1) is 29.0 Å². The lowest BCUT2D eigenvalue weighted by Gasteiger charge is -2.30. The van der Waals surface area contributed by atoms with Crippen LogP contribution in [-0.4, -0.2) is 53.6 Å². The van der Waals surface area contributed by atoms with E-state index in [1.807, 2.05) is 25.7 Å². The molecule has 0 aliphatic rings. The van der Waals surface area contributed by atoms with Crippen molar-refractivity contribution in [3.8, 4) is 0 Å². The smallest absolute Gasteiger partial charge is 0.130 e. The van der Waals surface area contributed by atoms with Crippen LogP contribution in [0.3, 0.4) is 0 Å². The summed E-state index contributed by atoms with van der Waals surface area (Å²) in [6.07, 6.45) is 1.39. The predicted molar refractivity (Wildman–Crippen MR) is 74.5 cm³/mol. The van der Waals surface area contributed by atoms with Gasteiger partial charge in [-0.3, -0.25) is 4.68 Å². The van der Waals surface area contributed by atoms with Gasteiger partial charge in [0.1, 0.15) is 5.60 Å². The topological polar surface area (TPSA) is 50.5 Å². The van der Waals surface area contributed by atoms with Crippen molar-refractivity contribution in [3.05, 3.63) is 16.4 Å². The van der Waals surface area contributed by atoms with Gasteiger partial charge in [-0.05, 0) is 43.9 Å². The van der Waals surface area contributed by atoms with Crippen molar-refractivity contribution >= 4 is 15.9 Å². The van der Waals surface area contributed by atoms with Gasteiger partial charge in [0.15, 0.2) is 0 Å². The molecule has 0 saturated carbocycles. The Bertz CT molecular complexity index is 391. The molecule has 1 aromatic heterocycles. The Balaban J connectivity index is 3.03. The van der Waals surface area contributed by atoms with Crippen molar-refractivity contribution in [1.29, 1.82) is 0 Å².